The van der Waals surface area contributed by atoms with Crippen molar-refractivity contribution in [3.05, 3.63) is 29.3 Å². The Morgan fingerprint density at radius 1 is 1.29 bits per heavy atom. The Balaban J connectivity index is 2.15. The second-order valence-electron chi connectivity index (χ2n) is 5.40. The van der Waals surface area contributed by atoms with Crippen molar-refractivity contribution >= 4 is 11.8 Å². The molecule has 0 atom stereocenters. The Bertz CT molecular complexity index is 580. The van der Waals surface area contributed by atoms with Crippen molar-refractivity contribution in [3.63, 3.8) is 0 Å². The zero-order chi connectivity index (χ0) is 15.3. The summed E-state index contributed by atoms with van der Waals surface area (Å²) in [5.74, 6) is 0. The van der Waals surface area contributed by atoms with Crippen molar-refractivity contribution in [2.24, 2.45) is 0 Å². The van der Waals surface area contributed by atoms with E-state index in [0.717, 1.165) is 12.1 Å². The van der Waals surface area contributed by atoms with Gasteiger partial charge in [0.2, 0.25) is 0 Å². The van der Waals surface area contributed by atoms with Gasteiger partial charge in [-0.1, -0.05) is 0 Å². The van der Waals surface area contributed by atoms with E-state index in [4.69, 9.17) is 4.74 Å². The Labute approximate surface area is 119 Å². The average Bonchev–Trinajstić information content (AvgIpc) is 2.44. The van der Waals surface area contributed by atoms with Gasteiger partial charge in [-0.25, -0.2) is 4.79 Å². The number of hydrogen-bond acceptors (Lipinski definition) is 3. The van der Waals surface area contributed by atoms with Crippen LogP contribution in [0.15, 0.2) is 18.2 Å². The van der Waals surface area contributed by atoms with Crippen molar-refractivity contribution in [1.82, 2.24) is 5.32 Å². The van der Waals surface area contributed by atoms with E-state index < -0.39 is 23.4 Å². The average molecular weight is 300 g/mol. The van der Waals surface area contributed by atoms with E-state index in [1.54, 1.807) is 0 Å². The summed E-state index contributed by atoms with van der Waals surface area (Å²) in [5.41, 5.74) is -0.738. The first-order chi connectivity index (χ1) is 9.83. The number of halogens is 3. The fraction of sp³-hybridized carbons (Fsp3) is 0.500. The molecule has 2 heterocycles. The fourth-order valence-corrected chi connectivity index (χ4v) is 2.96. The van der Waals surface area contributed by atoms with Gasteiger partial charge in [0.05, 0.1) is 11.3 Å². The summed E-state index contributed by atoms with van der Waals surface area (Å²) in [6.07, 6.45) is -3.99. The number of ether oxygens (including phenoxy) is 1. The van der Waals surface area contributed by atoms with Gasteiger partial charge >= 0.3 is 12.3 Å². The minimum Gasteiger partial charge on any atom is -0.437 e. The summed E-state index contributed by atoms with van der Waals surface area (Å²) in [5, 5.41) is 3.13. The summed E-state index contributed by atoms with van der Waals surface area (Å²) in [7, 11) is 1.50. The maximum atomic E-state index is 13.0. The highest BCUT2D eigenvalue weighted by Crippen LogP contribution is 2.46. The van der Waals surface area contributed by atoms with Gasteiger partial charge in [0.25, 0.3) is 0 Å². The highest BCUT2D eigenvalue weighted by atomic mass is 19.4. The van der Waals surface area contributed by atoms with E-state index in [-0.39, 0.29) is 0 Å². The maximum absolute atomic E-state index is 13.0. The lowest BCUT2D eigenvalue weighted by molar-refractivity contribution is -0.137. The minimum absolute atomic E-state index is 0.445. The highest BCUT2D eigenvalue weighted by Gasteiger charge is 2.46. The Morgan fingerprint density at radius 2 is 1.95 bits per heavy atom. The van der Waals surface area contributed by atoms with Gasteiger partial charge < -0.3 is 10.1 Å². The number of carbonyl (C=O) groups excluding carboxylic acids is 1. The lowest BCUT2D eigenvalue weighted by Gasteiger charge is -2.44. The lowest BCUT2D eigenvalue weighted by atomic mass is 9.82. The molecule has 1 spiro atoms. The summed E-state index contributed by atoms with van der Waals surface area (Å²) in [6.45, 7) is 1.21. The van der Waals surface area contributed by atoms with E-state index in [1.807, 2.05) is 0 Å². The molecule has 1 aromatic carbocycles. The van der Waals surface area contributed by atoms with Gasteiger partial charge in [0.15, 0.2) is 0 Å². The lowest BCUT2D eigenvalue weighted by Crippen LogP contribution is -2.49. The summed E-state index contributed by atoms with van der Waals surface area (Å²) in [6, 6.07) is 3.47. The zero-order valence-electron chi connectivity index (χ0n) is 11.5. The van der Waals surface area contributed by atoms with Crippen molar-refractivity contribution in [2.45, 2.75) is 24.6 Å². The molecule has 1 aromatic rings. The first-order valence-corrected chi connectivity index (χ1v) is 6.73. The first kappa shape index (κ1) is 14.2. The van der Waals surface area contributed by atoms with E-state index in [0.29, 0.717) is 37.2 Å². The SMILES string of the molecule is CN1C(=O)OC2(CCNCC2)c2cc(C(F)(F)F)ccc21. The molecule has 0 bridgehead atoms. The van der Waals surface area contributed by atoms with Crippen LogP contribution in [0.3, 0.4) is 0 Å². The number of nitrogens with one attached hydrogen (secondary N) is 1. The van der Waals surface area contributed by atoms with Gasteiger partial charge in [-0.05, 0) is 31.3 Å². The molecule has 21 heavy (non-hydrogen) atoms. The maximum Gasteiger partial charge on any atom is 0.416 e. The predicted octanol–water partition coefficient (Wildman–Crippen LogP) is 2.87. The molecule has 1 N–H and O–H groups in total. The third-order valence-corrected chi connectivity index (χ3v) is 4.14. The van der Waals surface area contributed by atoms with Gasteiger partial charge in [-0.3, -0.25) is 4.90 Å². The Kier molecular flexibility index (Phi) is 3.12. The number of anilines is 1. The molecule has 4 nitrogen and oxygen atoms in total. The van der Waals surface area contributed by atoms with E-state index in [2.05, 4.69) is 5.32 Å². The number of amides is 1. The predicted molar refractivity (Wildman–Crippen MR) is 70.1 cm³/mol. The Hall–Kier alpha value is -1.76. The quantitative estimate of drug-likeness (QED) is 0.801. The van der Waals surface area contributed by atoms with Gasteiger partial charge in [-0.2, -0.15) is 13.2 Å². The van der Waals surface area contributed by atoms with Crippen LogP contribution in [0.1, 0.15) is 24.0 Å². The van der Waals surface area contributed by atoms with Crippen molar-refractivity contribution in [1.29, 1.82) is 0 Å². The summed E-state index contributed by atoms with van der Waals surface area (Å²) >= 11 is 0. The van der Waals surface area contributed by atoms with E-state index in [1.165, 1.54) is 18.0 Å². The molecule has 0 saturated carbocycles. The second-order valence-corrected chi connectivity index (χ2v) is 5.40. The number of carbonyl (C=O) groups is 1. The van der Waals surface area contributed by atoms with Crippen molar-refractivity contribution in [3.8, 4) is 0 Å². The van der Waals surface area contributed by atoms with Crippen LogP contribution in [0, 0.1) is 0 Å². The second kappa shape index (κ2) is 4.62. The van der Waals surface area contributed by atoms with Crippen LogP contribution in [0.4, 0.5) is 23.7 Å². The van der Waals surface area contributed by atoms with Crippen LogP contribution in [-0.2, 0) is 16.5 Å². The number of fused-ring (bicyclic) bond motifs is 2. The molecule has 114 valence electrons. The molecule has 3 rings (SSSR count). The van der Waals surface area contributed by atoms with Crippen LogP contribution >= 0.6 is 0 Å². The first-order valence-electron chi connectivity index (χ1n) is 6.73. The van der Waals surface area contributed by atoms with E-state index >= 15 is 0 Å². The molecular formula is C14H15F3N2O2. The fourth-order valence-electron chi connectivity index (χ4n) is 2.96. The molecule has 0 radical (unpaired) electrons. The van der Waals surface area contributed by atoms with Crippen LogP contribution in [0.5, 0.6) is 0 Å². The zero-order valence-corrected chi connectivity index (χ0v) is 11.5. The molecule has 1 saturated heterocycles. The number of alkyl halides is 3. The van der Waals surface area contributed by atoms with E-state index in [9.17, 15) is 18.0 Å². The molecular weight excluding hydrogens is 285 g/mol. The summed E-state index contributed by atoms with van der Waals surface area (Å²) in [4.78, 5) is 13.2. The van der Waals surface area contributed by atoms with Gasteiger partial charge in [-0.15, -0.1) is 0 Å². The number of nitrogens with zero attached hydrogens (tertiary/aromatic N) is 1. The van der Waals surface area contributed by atoms with Crippen molar-refractivity contribution < 1.29 is 22.7 Å². The number of rotatable bonds is 0. The summed E-state index contributed by atoms with van der Waals surface area (Å²) < 4.78 is 44.4. The Morgan fingerprint density at radius 3 is 2.57 bits per heavy atom. The molecule has 7 heteroatoms. The topological polar surface area (TPSA) is 41.6 Å². The highest BCUT2D eigenvalue weighted by molar-refractivity contribution is 5.91. The third-order valence-electron chi connectivity index (χ3n) is 4.14. The molecule has 1 fully saturated rings. The number of piperidine rings is 1. The van der Waals surface area contributed by atoms with Gasteiger partial charge in [0, 0.05) is 25.5 Å². The minimum atomic E-state index is -4.41. The molecule has 0 aliphatic carbocycles. The van der Waals surface area contributed by atoms with Crippen LogP contribution in [0.2, 0.25) is 0 Å². The van der Waals surface area contributed by atoms with Crippen LogP contribution < -0.4 is 10.2 Å². The monoisotopic (exact) mass is 300 g/mol. The standard InChI is InChI=1S/C14H15F3N2O2/c1-19-11-3-2-9(14(15,16)17)8-10(11)13(21-12(19)20)4-6-18-7-5-13/h2-3,8,18H,4-7H2,1H3. The normalized spacial score (nSPS) is 21.1. The number of benzene rings is 1. The molecule has 2 aliphatic heterocycles. The van der Waals surface area contributed by atoms with Crippen LogP contribution in [-0.4, -0.2) is 26.2 Å². The molecule has 2 aliphatic rings. The van der Waals surface area contributed by atoms with Gasteiger partial charge in [0.1, 0.15) is 5.60 Å². The molecule has 0 aromatic heterocycles. The molecule has 1 amide bonds. The smallest absolute Gasteiger partial charge is 0.416 e. The largest absolute Gasteiger partial charge is 0.437 e. The number of hydrogen-bond donors (Lipinski definition) is 1. The van der Waals surface area contributed by atoms with Crippen LogP contribution in [0.25, 0.3) is 0 Å². The van der Waals surface area contributed by atoms with Crippen molar-refractivity contribution in [2.75, 3.05) is 25.0 Å². The molecule has 0 unspecified atom stereocenters. The third kappa shape index (κ3) is 2.25.